The number of benzene rings is 2. The molecule has 2 aromatic carbocycles. The number of amides is 4. The molecule has 0 radical (unpaired) electrons. The summed E-state index contributed by atoms with van der Waals surface area (Å²) in [6.07, 6.45) is 1.62. The lowest BCUT2D eigenvalue weighted by molar-refractivity contribution is -0.143. The zero-order chi connectivity index (χ0) is 39.7. The van der Waals surface area contributed by atoms with E-state index in [2.05, 4.69) is 21.9 Å². The quantitative estimate of drug-likeness (QED) is 0.197. The summed E-state index contributed by atoms with van der Waals surface area (Å²) in [6.45, 7) is 12.8. The third kappa shape index (κ3) is 9.02. The summed E-state index contributed by atoms with van der Waals surface area (Å²) >= 11 is 0. The first-order chi connectivity index (χ1) is 26.0. The van der Waals surface area contributed by atoms with Crippen molar-refractivity contribution in [2.24, 2.45) is 11.8 Å². The molecule has 13 nitrogen and oxygen atoms in total. The predicted molar refractivity (Wildman–Crippen MR) is 208 cm³/mol. The monoisotopic (exact) mass is 773 g/mol. The SMILES string of the molecule is C=C[C@@H]1C[C@]1(NC(=O)[C@@H]1C[C@@H](Cc2nc(-c3ccccc3)cc3ccccc23)CN1C(=O)[C@@H](NC(=O)OC(C)(C)C)[C@H](C)OCC)C(=O)NS(=O)(=O)C1CC1. The summed E-state index contributed by atoms with van der Waals surface area (Å²) in [4.78, 5) is 62.2. The predicted octanol–water partition coefficient (Wildman–Crippen LogP) is 4.65. The third-order valence-electron chi connectivity index (χ3n) is 10.4. The van der Waals surface area contributed by atoms with Gasteiger partial charge in [-0.25, -0.2) is 13.2 Å². The molecule has 6 rings (SSSR count). The van der Waals surface area contributed by atoms with Crippen LogP contribution in [0.3, 0.4) is 0 Å². The molecule has 6 atom stereocenters. The average molecular weight is 774 g/mol. The molecule has 1 saturated heterocycles. The van der Waals surface area contributed by atoms with E-state index in [-0.39, 0.29) is 31.9 Å². The first-order valence-corrected chi connectivity index (χ1v) is 20.5. The van der Waals surface area contributed by atoms with E-state index in [9.17, 15) is 27.6 Å². The van der Waals surface area contributed by atoms with E-state index in [4.69, 9.17) is 14.5 Å². The van der Waals surface area contributed by atoms with Crippen LogP contribution in [0.4, 0.5) is 4.79 Å². The molecule has 3 N–H and O–H groups in total. The van der Waals surface area contributed by atoms with Crippen molar-refractivity contribution in [3.8, 4) is 11.3 Å². The first kappa shape index (κ1) is 39.9. The average Bonchev–Trinajstić information content (AvgIpc) is 4.07. The van der Waals surface area contributed by atoms with Gasteiger partial charge < -0.3 is 25.0 Å². The molecule has 4 amide bonds. The largest absolute Gasteiger partial charge is 0.444 e. The van der Waals surface area contributed by atoms with E-state index in [1.165, 1.54) is 11.0 Å². The number of nitrogens with one attached hydrogen (secondary N) is 3. The van der Waals surface area contributed by atoms with Gasteiger partial charge in [-0.15, -0.1) is 6.58 Å². The number of hydrogen-bond donors (Lipinski definition) is 3. The fourth-order valence-corrected chi connectivity index (χ4v) is 8.75. The van der Waals surface area contributed by atoms with Crippen LogP contribution in [0, 0.1) is 11.8 Å². The Kier molecular flexibility index (Phi) is 11.4. The molecular weight excluding hydrogens is 723 g/mol. The Bertz CT molecular complexity index is 2070. The van der Waals surface area contributed by atoms with Gasteiger partial charge >= 0.3 is 6.09 Å². The summed E-state index contributed by atoms with van der Waals surface area (Å²) in [7, 11) is -3.90. The van der Waals surface area contributed by atoms with E-state index < -0.39 is 74.3 Å². The lowest BCUT2D eigenvalue weighted by atomic mass is 9.95. The Hall–Kier alpha value is -4.82. The fraction of sp³-hybridized carbons (Fsp3) is 0.488. The van der Waals surface area contributed by atoms with Crippen LogP contribution in [-0.2, 0) is 40.3 Å². The van der Waals surface area contributed by atoms with Gasteiger partial charge in [0.15, 0.2) is 0 Å². The number of sulfonamides is 1. The van der Waals surface area contributed by atoms with Crippen molar-refractivity contribution in [1.29, 1.82) is 0 Å². The standard InChI is InChI=1S/C41H51N5O8S/c1-7-29-23-41(29,38(49)45-55(51,52)30-18-19-30)44-36(47)34-21-26(24-46(34)37(48)35(25(3)53-8-2)43-39(50)54-40(4,5)6)20-33-31-17-13-12-16-28(31)22-32(42-33)27-14-10-9-11-15-27/h7,9-17,22,25-26,29-30,34-35H,1,8,18-21,23-24H2,2-6H3,(H,43,50)(H,44,47)(H,45,49)/t25-,26+,29+,34-,35-,41+/m0/s1. The van der Waals surface area contributed by atoms with Crippen LogP contribution in [0.15, 0.2) is 73.3 Å². The maximum atomic E-state index is 14.6. The number of rotatable bonds is 14. The van der Waals surface area contributed by atoms with E-state index in [1.54, 1.807) is 34.6 Å². The molecule has 55 heavy (non-hydrogen) atoms. The summed E-state index contributed by atoms with van der Waals surface area (Å²) in [5.41, 5.74) is 0.161. The van der Waals surface area contributed by atoms with Crippen LogP contribution in [0.2, 0.25) is 0 Å². The van der Waals surface area contributed by atoms with Gasteiger partial charge in [0.1, 0.15) is 23.2 Å². The maximum Gasteiger partial charge on any atom is 0.408 e. The Morgan fingerprint density at radius 1 is 1.07 bits per heavy atom. The van der Waals surface area contributed by atoms with E-state index in [0.717, 1.165) is 27.7 Å². The number of nitrogens with zero attached hydrogens (tertiary/aromatic N) is 2. The van der Waals surface area contributed by atoms with Gasteiger partial charge in [0, 0.05) is 35.7 Å². The molecule has 14 heteroatoms. The Labute approximate surface area is 322 Å². The van der Waals surface area contributed by atoms with Crippen LogP contribution in [0.5, 0.6) is 0 Å². The highest BCUT2D eigenvalue weighted by Crippen LogP contribution is 2.45. The lowest BCUT2D eigenvalue weighted by Gasteiger charge is -2.32. The molecule has 1 aromatic heterocycles. The topological polar surface area (TPSA) is 173 Å². The molecule has 3 fully saturated rings. The molecule has 3 aromatic rings. The van der Waals surface area contributed by atoms with Crippen molar-refractivity contribution < 1.29 is 37.1 Å². The molecule has 2 saturated carbocycles. The third-order valence-corrected chi connectivity index (χ3v) is 12.2. The molecule has 1 aliphatic heterocycles. The number of carbonyl (C=O) groups excluding carboxylic acids is 4. The van der Waals surface area contributed by atoms with E-state index in [1.807, 2.05) is 60.7 Å². The highest BCUT2D eigenvalue weighted by atomic mass is 32.2. The number of fused-ring (bicyclic) bond motifs is 1. The van der Waals surface area contributed by atoms with Crippen molar-refractivity contribution in [2.45, 2.75) is 101 Å². The van der Waals surface area contributed by atoms with Crippen LogP contribution < -0.4 is 15.4 Å². The second-order valence-electron chi connectivity index (χ2n) is 15.8. The number of pyridine rings is 1. The minimum absolute atomic E-state index is 0.133. The molecule has 0 unspecified atom stereocenters. The summed E-state index contributed by atoms with van der Waals surface area (Å²) in [6, 6.07) is 17.5. The Morgan fingerprint density at radius 2 is 1.76 bits per heavy atom. The van der Waals surface area contributed by atoms with E-state index in [0.29, 0.717) is 19.3 Å². The second kappa shape index (κ2) is 15.7. The second-order valence-corrected chi connectivity index (χ2v) is 17.8. The van der Waals surface area contributed by atoms with Crippen LogP contribution in [0.1, 0.15) is 66.0 Å². The summed E-state index contributed by atoms with van der Waals surface area (Å²) < 4.78 is 39.0. The van der Waals surface area contributed by atoms with Gasteiger partial charge in [-0.05, 0) is 84.1 Å². The van der Waals surface area contributed by atoms with Crippen molar-refractivity contribution in [3.63, 3.8) is 0 Å². The zero-order valence-electron chi connectivity index (χ0n) is 32.0. The lowest BCUT2D eigenvalue weighted by Crippen LogP contribution is -2.60. The van der Waals surface area contributed by atoms with Gasteiger partial charge in [0.25, 0.3) is 5.91 Å². The minimum Gasteiger partial charge on any atom is -0.444 e. The summed E-state index contributed by atoms with van der Waals surface area (Å²) in [5, 5.41) is 6.83. The van der Waals surface area contributed by atoms with Gasteiger partial charge in [-0.2, -0.15) is 0 Å². The van der Waals surface area contributed by atoms with Crippen molar-refractivity contribution in [3.05, 3.63) is 79.0 Å². The van der Waals surface area contributed by atoms with Crippen LogP contribution in [0.25, 0.3) is 22.0 Å². The molecule has 2 aliphatic carbocycles. The Balaban J connectivity index is 1.33. The number of aromatic nitrogens is 1. The normalized spacial score (nSPS) is 23.4. The number of alkyl carbamates (subject to hydrolysis) is 1. The van der Waals surface area contributed by atoms with Crippen LogP contribution in [-0.4, -0.2) is 89.8 Å². The van der Waals surface area contributed by atoms with Gasteiger partial charge in [0.05, 0.1) is 17.0 Å². The van der Waals surface area contributed by atoms with Crippen molar-refractivity contribution >= 4 is 44.6 Å². The minimum atomic E-state index is -3.90. The smallest absolute Gasteiger partial charge is 0.408 e. The molecular formula is C41H51N5O8S. The Morgan fingerprint density at radius 3 is 2.40 bits per heavy atom. The fourth-order valence-electron chi connectivity index (χ4n) is 7.39. The molecule has 3 aliphatic rings. The highest BCUT2D eigenvalue weighted by molar-refractivity contribution is 7.91. The maximum absolute atomic E-state index is 14.6. The number of hydrogen-bond acceptors (Lipinski definition) is 9. The number of ether oxygens (including phenoxy) is 2. The van der Waals surface area contributed by atoms with Gasteiger partial charge in [-0.3, -0.25) is 24.1 Å². The van der Waals surface area contributed by atoms with Crippen molar-refractivity contribution in [1.82, 2.24) is 25.2 Å². The van der Waals surface area contributed by atoms with Crippen molar-refractivity contribution in [2.75, 3.05) is 13.2 Å². The number of carbonyl (C=O) groups is 4. The van der Waals surface area contributed by atoms with Gasteiger partial charge in [0.2, 0.25) is 21.8 Å². The van der Waals surface area contributed by atoms with Crippen LogP contribution >= 0.6 is 0 Å². The number of likely N-dealkylation sites (tertiary alicyclic amines) is 1. The summed E-state index contributed by atoms with van der Waals surface area (Å²) in [5.74, 6) is -2.78. The molecule has 0 spiro atoms. The molecule has 294 valence electrons. The molecule has 0 bridgehead atoms. The molecule has 2 heterocycles. The zero-order valence-corrected chi connectivity index (χ0v) is 32.9. The van der Waals surface area contributed by atoms with Gasteiger partial charge in [-0.1, -0.05) is 60.7 Å². The first-order valence-electron chi connectivity index (χ1n) is 18.9. The highest BCUT2D eigenvalue weighted by Gasteiger charge is 2.62. The van der Waals surface area contributed by atoms with E-state index >= 15 is 0 Å².